The van der Waals surface area contributed by atoms with Crippen LogP contribution in [0.15, 0.2) is 0 Å². The molecule has 27 heavy (non-hydrogen) atoms. The first kappa shape index (κ1) is 25.5. The summed E-state index contributed by atoms with van der Waals surface area (Å²) >= 11 is 0. The van der Waals surface area contributed by atoms with E-state index in [-0.39, 0.29) is 0 Å². The molecule has 0 aliphatic carbocycles. The van der Waals surface area contributed by atoms with Crippen LogP contribution in [0.25, 0.3) is 0 Å². The van der Waals surface area contributed by atoms with Crippen molar-refractivity contribution in [3.05, 3.63) is 0 Å². The van der Waals surface area contributed by atoms with E-state index in [0.29, 0.717) is 25.5 Å². The van der Waals surface area contributed by atoms with Crippen LogP contribution in [-0.2, 0) is 22.4 Å². The summed E-state index contributed by atoms with van der Waals surface area (Å²) in [6.45, 7) is 19.3. The van der Waals surface area contributed by atoms with E-state index < -0.39 is 25.2 Å². The van der Waals surface area contributed by atoms with Gasteiger partial charge < -0.3 is 22.4 Å². The zero-order valence-corrected chi connectivity index (χ0v) is 21.9. The van der Waals surface area contributed by atoms with Gasteiger partial charge in [0.15, 0.2) is 8.32 Å². The second-order valence-electron chi connectivity index (χ2n) is 8.68. The largest absolute Gasteiger partial charge is 0.500 e. The van der Waals surface area contributed by atoms with Crippen molar-refractivity contribution in [2.75, 3.05) is 33.0 Å². The Balaban J connectivity index is 2.50. The first-order chi connectivity index (χ1) is 12.7. The van der Waals surface area contributed by atoms with Crippen molar-refractivity contribution in [2.45, 2.75) is 90.1 Å². The van der Waals surface area contributed by atoms with Crippen LogP contribution in [0.5, 0.6) is 0 Å². The molecular weight excluding hydrogens is 392 g/mol. The van der Waals surface area contributed by atoms with E-state index >= 15 is 0 Å². The average Bonchev–Trinajstić information content (AvgIpc) is 2.61. The van der Waals surface area contributed by atoms with Gasteiger partial charge in [-0.2, -0.15) is 0 Å². The van der Waals surface area contributed by atoms with Crippen molar-refractivity contribution < 1.29 is 22.4 Å². The predicted molar refractivity (Wildman–Crippen MR) is 120 cm³/mol. The quantitative estimate of drug-likeness (QED) is 0.356. The van der Waals surface area contributed by atoms with Gasteiger partial charge in [0.05, 0.1) is 8.07 Å². The van der Waals surface area contributed by atoms with Gasteiger partial charge in [0.1, 0.15) is 0 Å². The highest BCUT2D eigenvalue weighted by molar-refractivity contribution is 6.79. The molecule has 0 N–H and O–H groups in total. The van der Waals surface area contributed by atoms with Crippen molar-refractivity contribution in [2.24, 2.45) is 0 Å². The first-order valence-corrected chi connectivity index (χ1v) is 19.2. The highest BCUT2D eigenvalue weighted by Gasteiger charge is 2.42. The maximum Gasteiger partial charge on any atom is 0.500 e. The lowest BCUT2D eigenvalue weighted by atomic mass is 10.2. The van der Waals surface area contributed by atoms with Crippen LogP contribution in [0.2, 0.25) is 44.3 Å². The SMILES string of the molecule is CCO[Si](CC[Si](C)(C)OCC[Si](C)(C)C1CCCCO1)(OCC)OCC. The van der Waals surface area contributed by atoms with Crippen molar-refractivity contribution in [3.8, 4) is 0 Å². The van der Waals surface area contributed by atoms with Gasteiger partial charge in [0.25, 0.3) is 0 Å². The number of ether oxygens (including phenoxy) is 1. The van der Waals surface area contributed by atoms with Crippen LogP contribution < -0.4 is 0 Å². The Morgan fingerprint density at radius 3 is 1.85 bits per heavy atom. The van der Waals surface area contributed by atoms with Crippen molar-refractivity contribution >= 4 is 25.2 Å². The van der Waals surface area contributed by atoms with E-state index in [0.717, 1.165) is 25.3 Å². The van der Waals surface area contributed by atoms with Crippen LogP contribution in [0.3, 0.4) is 0 Å². The van der Waals surface area contributed by atoms with Gasteiger partial charge in [-0.05, 0) is 65.2 Å². The lowest BCUT2D eigenvalue weighted by molar-refractivity contribution is 0.0593. The molecule has 5 nitrogen and oxygen atoms in total. The molecule has 0 aromatic heterocycles. The minimum Gasteiger partial charge on any atom is -0.418 e. The second kappa shape index (κ2) is 12.2. The highest BCUT2D eigenvalue weighted by Crippen LogP contribution is 2.28. The van der Waals surface area contributed by atoms with Gasteiger partial charge in [-0.15, -0.1) is 0 Å². The van der Waals surface area contributed by atoms with Crippen molar-refractivity contribution in [1.29, 1.82) is 0 Å². The molecule has 1 fully saturated rings. The minimum absolute atomic E-state index is 0.508. The summed E-state index contributed by atoms with van der Waals surface area (Å²) in [5.74, 6) is 0. The molecule has 1 aliphatic rings. The lowest BCUT2D eigenvalue weighted by Gasteiger charge is -2.36. The van der Waals surface area contributed by atoms with Gasteiger partial charge in [-0.25, -0.2) is 0 Å². The average molecular weight is 437 g/mol. The molecular formula is C19H44O5Si3. The van der Waals surface area contributed by atoms with E-state index in [2.05, 4.69) is 26.2 Å². The number of rotatable bonds is 14. The van der Waals surface area contributed by atoms with Crippen molar-refractivity contribution in [1.82, 2.24) is 0 Å². The number of hydrogen-bond donors (Lipinski definition) is 0. The fourth-order valence-electron chi connectivity index (χ4n) is 3.64. The Morgan fingerprint density at radius 1 is 0.778 bits per heavy atom. The predicted octanol–water partition coefficient (Wildman–Crippen LogP) is 5.07. The van der Waals surface area contributed by atoms with E-state index in [1.54, 1.807) is 0 Å². The normalized spacial score (nSPS) is 19.4. The Bertz CT molecular complexity index is 384. The van der Waals surface area contributed by atoms with Crippen LogP contribution in [0, 0.1) is 0 Å². The fraction of sp³-hybridized carbons (Fsp3) is 1.00. The molecule has 1 rings (SSSR count). The van der Waals surface area contributed by atoms with Gasteiger partial charge in [0.2, 0.25) is 0 Å². The zero-order valence-electron chi connectivity index (χ0n) is 18.9. The molecule has 1 heterocycles. The van der Waals surface area contributed by atoms with Crippen LogP contribution in [-0.4, -0.2) is 64.0 Å². The van der Waals surface area contributed by atoms with E-state index in [1.807, 2.05) is 20.8 Å². The molecule has 1 saturated heterocycles. The molecule has 0 radical (unpaired) electrons. The summed E-state index contributed by atoms with van der Waals surface area (Å²) in [5, 5.41) is 0. The summed E-state index contributed by atoms with van der Waals surface area (Å²) in [7, 11) is -5.73. The van der Waals surface area contributed by atoms with Crippen LogP contribution >= 0.6 is 0 Å². The molecule has 0 aromatic carbocycles. The smallest absolute Gasteiger partial charge is 0.418 e. The Morgan fingerprint density at radius 2 is 1.37 bits per heavy atom. The molecule has 0 spiro atoms. The first-order valence-electron chi connectivity index (χ1n) is 10.9. The summed E-state index contributed by atoms with van der Waals surface area (Å²) in [4.78, 5) is 0. The molecule has 162 valence electrons. The topological polar surface area (TPSA) is 46.2 Å². The highest BCUT2D eigenvalue weighted by atomic mass is 28.4. The van der Waals surface area contributed by atoms with Gasteiger partial charge >= 0.3 is 8.80 Å². The zero-order chi connectivity index (χ0) is 20.4. The maximum atomic E-state index is 6.46. The summed E-state index contributed by atoms with van der Waals surface area (Å²) in [5.41, 5.74) is 0.508. The monoisotopic (exact) mass is 436 g/mol. The van der Waals surface area contributed by atoms with Crippen LogP contribution in [0.1, 0.15) is 40.0 Å². The van der Waals surface area contributed by atoms with Gasteiger partial charge in [-0.1, -0.05) is 13.1 Å². The van der Waals surface area contributed by atoms with E-state index in [1.165, 1.54) is 25.3 Å². The third kappa shape index (κ3) is 9.20. The second-order valence-corrected chi connectivity index (χ2v) is 20.8. The summed E-state index contributed by atoms with van der Waals surface area (Å²) in [6.07, 6.45) is 3.79. The molecule has 0 saturated carbocycles. The standard InChI is InChI=1S/C19H44O5Si3/c1-8-21-27(22-9-2,23-10-3)18-17-26(6,7)24-15-16-25(4,5)19-13-11-12-14-20-19/h19H,8-18H2,1-7H3. The van der Waals surface area contributed by atoms with Gasteiger partial charge in [-0.3, -0.25) is 0 Å². The Labute approximate surface area is 171 Å². The van der Waals surface area contributed by atoms with E-state index in [4.69, 9.17) is 22.4 Å². The molecule has 1 atom stereocenters. The van der Waals surface area contributed by atoms with Gasteiger partial charge in [0, 0.05) is 44.8 Å². The Kier molecular flexibility index (Phi) is 11.5. The fourth-order valence-corrected chi connectivity index (χ4v) is 12.8. The molecule has 0 amide bonds. The number of hydrogen-bond acceptors (Lipinski definition) is 5. The third-order valence-corrected chi connectivity index (χ3v) is 15.1. The summed E-state index contributed by atoms with van der Waals surface area (Å²) < 4.78 is 30.5. The minimum atomic E-state index is -2.56. The van der Waals surface area contributed by atoms with E-state index in [9.17, 15) is 0 Å². The molecule has 1 unspecified atom stereocenters. The lowest BCUT2D eigenvalue weighted by Crippen LogP contribution is -2.48. The molecule has 8 heteroatoms. The molecule has 0 bridgehead atoms. The molecule has 0 aromatic rings. The van der Waals surface area contributed by atoms with Crippen molar-refractivity contribution in [3.63, 3.8) is 0 Å². The Hall–Kier alpha value is 0.451. The third-order valence-electron chi connectivity index (χ3n) is 5.42. The summed E-state index contributed by atoms with van der Waals surface area (Å²) in [6, 6.07) is 3.05. The van der Waals surface area contributed by atoms with Crippen LogP contribution in [0.4, 0.5) is 0 Å². The maximum absolute atomic E-state index is 6.46. The molecule has 1 aliphatic heterocycles.